The summed E-state index contributed by atoms with van der Waals surface area (Å²) in [5.41, 5.74) is 7.41. The van der Waals surface area contributed by atoms with E-state index in [9.17, 15) is 0 Å². The molecule has 3 heteroatoms. The molecule has 1 saturated heterocycles. The third-order valence-electron chi connectivity index (χ3n) is 4.26. The van der Waals surface area contributed by atoms with Gasteiger partial charge in [0.2, 0.25) is 0 Å². The van der Waals surface area contributed by atoms with Crippen LogP contribution in [0.4, 0.5) is 0 Å². The Morgan fingerprint density at radius 3 is 2.53 bits per heavy atom. The van der Waals surface area contributed by atoms with E-state index in [1.165, 1.54) is 18.4 Å². The number of hydrogen-bond acceptors (Lipinski definition) is 3. The van der Waals surface area contributed by atoms with Crippen molar-refractivity contribution in [3.63, 3.8) is 0 Å². The zero-order valence-electron chi connectivity index (χ0n) is 11.7. The van der Waals surface area contributed by atoms with Crippen molar-refractivity contribution in [3.05, 3.63) is 29.8 Å². The van der Waals surface area contributed by atoms with Gasteiger partial charge in [-0.3, -0.25) is 4.90 Å². The average Bonchev–Trinajstić information content (AvgIpc) is 3.16. The molecular formula is C16H24N2O. The first-order valence-electron chi connectivity index (χ1n) is 7.40. The number of likely N-dealkylation sites (tertiary alicyclic amines) is 1. The van der Waals surface area contributed by atoms with Crippen molar-refractivity contribution in [2.75, 3.05) is 19.7 Å². The molecule has 0 spiro atoms. The molecule has 1 aliphatic heterocycles. The van der Waals surface area contributed by atoms with Crippen molar-refractivity contribution < 1.29 is 4.74 Å². The maximum atomic E-state index is 6.06. The molecular weight excluding hydrogens is 236 g/mol. The van der Waals surface area contributed by atoms with Crippen LogP contribution >= 0.6 is 0 Å². The monoisotopic (exact) mass is 260 g/mol. The lowest BCUT2D eigenvalue weighted by molar-refractivity contribution is 0.298. The summed E-state index contributed by atoms with van der Waals surface area (Å²) in [5.74, 6) is 2.43. The van der Waals surface area contributed by atoms with Crippen LogP contribution in [0.15, 0.2) is 24.3 Å². The first-order valence-corrected chi connectivity index (χ1v) is 7.40. The van der Waals surface area contributed by atoms with Crippen LogP contribution in [-0.2, 0) is 6.54 Å². The van der Waals surface area contributed by atoms with Gasteiger partial charge in [-0.1, -0.05) is 19.1 Å². The zero-order chi connectivity index (χ0) is 13.2. The SMILES string of the molecule is CC1CN(Cc2ccc(OCC3CC3)cc2)CC1N. The summed E-state index contributed by atoms with van der Waals surface area (Å²) >= 11 is 0. The number of ether oxygens (including phenoxy) is 1. The fourth-order valence-electron chi connectivity index (χ4n) is 2.67. The summed E-state index contributed by atoms with van der Waals surface area (Å²) in [6.07, 6.45) is 2.68. The van der Waals surface area contributed by atoms with Gasteiger partial charge in [0.1, 0.15) is 5.75 Å². The Labute approximate surface area is 115 Å². The van der Waals surface area contributed by atoms with E-state index < -0.39 is 0 Å². The van der Waals surface area contributed by atoms with Gasteiger partial charge in [0.05, 0.1) is 6.61 Å². The number of nitrogens with two attached hydrogens (primary N) is 1. The van der Waals surface area contributed by atoms with E-state index in [0.29, 0.717) is 12.0 Å². The smallest absolute Gasteiger partial charge is 0.119 e. The van der Waals surface area contributed by atoms with Crippen molar-refractivity contribution in [3.8, 4) is 5.75 Å². The Morgan fingerprint density at radius 1 is 1.21 bits per heavy atom. The number of nitrogens with zero attached hydrogens (tertiary/aromatic N) is 1. The van der Waals surface area contributed by atoms with E-state index in [4.69, 9.17) is 10.5 Å². The highest BCUT2D eigenvalue weighted by Gasteiger charge is 2.26. The molecule has 0 amide bonds. The number of hydrogen-bond donors (Lipinski definition) is 1. The first kappa shape index (κ1) is 12.9. The molecule has 104 valence electrons. The summed E-state index contributed by atoms with van der Waals surface area (Å²) in [4.78, 5) is 2.44. The van der Waals surface area contributed by atoms with Crippen LogP contribution in [0.5, 0.6) is 5.75 Å². The maximum absolute atomic E-state index is 6.06. The average molecular weight is 260 g/mol. The molecule has 3 rings (SSSR count). The Hall–Kier alpha value is -1.06. The van der Waals surface area contributed by atoms with Crippen molar-refractivity contribution >= 4 is 0 Å². The molecule has 0 bridgehead atoms. The molecule has 1 aromatic carbocycles. The van der Waals surface area contributed by atoms with E-state index in [1.807, 2.05) is 0 Å². The van der Waals surface area contributed by atoms with Gasteiger partial charge in [0, 0.05) is 25.7 Å². The van der Waals surface area contributed by atoms with E-state index >= 15 is 0 Å². The molecule has 3 nitrogen and oxygen atoms in total. The van der Waals surface area contributed by atoms with Gasteiger partial charge in [-0.25, -0.2) is 0 Å². The first-order chi connectivity index (χ1) is 9.20. The lowest BCUT2D eigenvalue weighted by Gasteiger charge is -2.15. The highest BCUT2D eigenvalue weighted by Crippen LogP contribution is 2.29. The highest BCUT2D eigenvalue weighted by molar-refractivity contribution is 5.27. The normalized spacial score (nSPS) is 27.7. The van der Waals surface area contributed by atoms with Crippen LogP contribution in [0.2, 0.25) is 0 Å². The van der Waals surface area contributed by atoms with Gasteiger partial charge in [-0.05, 0) is 42.4 Å². The second-order valence-corrected chi connectivity index (χ2v) is 6.23. The molecule has 2 aliphatic rings. The second-order valence-electron chi connectivity index (χ2n) is 6.23. The lowest BCUT2D eigenvalue weighted by atomic mass is 10.1. The predicted molar refractivity (Wildman–Crippen MR) is 77.1 cm³/mol. The predicted octanol–water partition coefficient (Wildman–Crippen LogP) is 2.25. The van der Waals surface area contributed by atoms with Gasteiger partial charge in [-0.15, -0.1) is 0 Å². The summed E-state index contributed by atoms with van der Waals surface area (Å²) in [7, 11) is 0. The fourth-order valence-corrected chi connectivity index (χ4v) is 2.67. The van der Waals surface area contributed by atoms with E-state index in [1.54, 1.807) is 0 Å². The maximum Gasteiger partial charge on any atom is 0.119 e. The van der Waals surface area contributed by atoms with Crippen molar-refractivity contribution in [1.82, 2.24) is 4.90 Å². The molecule has 1 heterocycles. The minimum absolute atomic E-state index is 0.334. The molecule has 0 aromatic heterocycles. The van der Waals surface area contributed by atoms with Crippen molar-refractivity contribution in [2.24, 2.45) is 17.6 Å². The minimum Gasteiger partial charge on any atom is -0.493 e. The lowest BCUT2D eigenvalue weighted by Crippen LogP contribution is -2.28. The molecule has 2 N–H and O–H groups in total. The van der Waals surface area contributed by atoms with E-state index in [-0.39, 0.29) is 0 Å². The van der Waals surface area contributed by atoms with E-state index in [0.717, 1.165) is 37.9 Å². The van der Waals surface area contributed by atoms with Crippen LogP contribution in [-0.4, -0.2) is 30.6 Å². The standard InChI is InChI=1S/C16H24N2O/c1-12-8-18(10-16(12)17)9-13-4-6-15(7-5-13)19-11-14-2-3-14/h4-7,12,14,16H,2-3,8-11,17H2,1H3. The Bertz CT molecular complexity index is 403. The second kappa shape index (κ2) is 5.51. The quantitative estimate of drug-likeness (QED) is 0.882. The molecule has 19 heavy (non-hydrogen) atoms. The molecule has 0 radical (unpaired) electrons. The van der Waals surface area contributed by atoms with Gasteiger partial charge < -0.3 is 10.5 Å². The Morgan fingerprint density at radius 2 is 1.95 bits per heavy atom. The molecule has 2 atom stereocenters. The van der Waals surface area contributed by atoms with Crippen LogP contribution in [0.25, 0.3) is 0 Å². The Kier molecular flexibility index (Phi) is 3.76. The molecule has 2 fully saturated rings. The third kappa shape index (κ3) is 3.48. The van der Waals surface area contributed by atoms with Crippen LogP contribution < -0.4 is 10.5 Å². The Balaban J connectivity index is 1.50. The summed E-state index contributed by atoms with van der Waals surface area (Å²) in [5, 5.41) is 0. The third-order valence-corrected chi connectivity index (χ3v) is 4.26. The summed E-state index contributed by atoms with van der Waals surface area (Å²) < 4.78 is 5.76. The van der Waals surface area contributed by atoms with Crippen LogP contribution in [0.3, 0.4) is 0 Å². The zero-order valence-corrected chi connectivity index (χ0v) is 11.7. The number of benzene rings is 1. The molecule has 1 aliphatic carbocycles. The van der Waals surface area contributed by atoms with Crippen molar-refractivity contribution in [1.29, 1.82) is 0 Å². The fraction of sp³-hybridized carbons (Fsp3) is 0.625. The topological polar surface area (TPSA) is 38.5 Å². The van der Waals surface area contributed by atoms with Crippen LogP contribution in [0, 0.1) is 11.8 Å². The van der Waals surface area contributed by atoms with Gasteiger partial charge in [-0.2, -0.15) is 0 Å². The molecule has 1 saturated carbocycles. The highest BCUT2D eigenvalue weighted by atomic mass is 16.5. The minimum atomic E-state index is 0.334. The van der Waals surface area contributed by atoms with Gasteiger partial charge in [0.15, 0.2) is 0 Å². The largest absolute Gasteiger partial charge is 0.493 e. The van der Waals surface area contributed by atoms with Crippen molar-refractivity contribution in [2.45, 2.75) is 32.4 Å². The van der Waals surface area contributed by atoms with E-state index in [2.05, 4.69) is 36.1 Å². The molecule has 1 aromatic rings. The summed E-state index contributed by atoms with van der Waals surface area (Å²) in [6.45, 7) is 6.25. The number of rotatable bonds is 5. The molecule has 2 unspecified atom stereocenters. The van der Waals surface area contributed by atoms with Gasteiger partial charge in [0.25, 0.3) is 0 Å². The van der Waals surface area contributed by atoms with Crippen LogP contribution in [0.1, 0.15) is 25.3 Å². The summed E-state index contributed by atoms with van der Waals surface area (Å²) in [6, 6.07) is 8.88. The van der Waals surface area contributed by atoms with Gasteiger partial charge >= 0.3 is 0 Å².